The SMILES string of the molecule is Cc1nn(-c2ccc(F)cc2)c(Oc2ccc(F)cc2F)c1CCC(=O)N(C)C(C)C. The highest BCUT2D eigenvalue weighted by molar-refractivity contribution is 5.76. The van der Waals surface area contributed by atoms with Crippen molar-refractivity contribution >= 4 is 5.91 Å². The predicted octanol–water partition coefficient (Wildman–Crippen LogP) is 5.19. The molecule has 0 radical (unpaired) electrons. The van der Waals surface area contributed by atoms with Gasteiger partial charge in [-0.15, -0.1) is 0 Å². The van der Waals surface area contributed by atoms with E-state index in [0.29, 0.717) is 23.4 Å². The molecule has 3 rings (SSSR count). The van der Waals surface area contributed by atoms with Crippen LogP contribution < -0.4 is 4.74 Å². The summed E-state index contributed by atoms with van der Waals surface area (Å²) in [6, 6.07) is 8.62. The number of aromatic nitrogens is 2. The van der Waals surface area contributed by atoms with Crippen LogP contribution in [0.1, 0.15) is 31.5 Å². The maximum Gasteiger partial charge on any atom is 0.226 e. The van der Waals surface area contributed by atoms with E-state index in [2.05, 4.69) is 5.10 Å². The van der Waals surface area contributed by atoms with Gasteiger partial charge in [-0.05, 0) is 63.6 Å². The number of aryl methyl sites for hydroxylation is 1. The lowest BCUT2D eigenvalue weighted by Gasteiger charge is -2.21. The lowest BCUT2D eigenvalue weighted by molar-refractivity contribution is -0.131. The van der Waals surface area contributed by atoms with Crippen molar-refractivity contribution < 1.29 is 22.7 Å². The van der Waals surface area contributed by atoms with Crippen molar-refractivity contribution in [3.05, 3.63) is 71.2 Å². The van der Waals surface area contributed by atoms with Crippen LogP contribution in [0.5, 0.6) is 11.6 Å². The van der Waals surface area contributed by atoms with Crippen molar-refractivity contribution in [2.75, 3.05) is 7.05 Å². The molecule has 0 fully saturated rings. The minimum Gasteiger partial charge on any atom is -0.436 e. The van der Waals surface area contributed by atoms with E-state index in [1.54, 1.807) is 18.9 Å². The molecular weight excluding hydrogens is 407 g/mol. The second kappa shape index (κ2) is 9.24. The molecule has 1 amide bonds. The molecule has 1 heterocycles. The third-order valence-electron chi connectivity index (χ3n) is 5.07. The van der Waals surface area contributed by atoms with Gasteiger partial charge in [0.05, 0.1) is 11.4 Å². The first-order chi connectivity index (χ1) is 14.7. The van der Waals surface area contributed by atoms with Gasteiger partial charge >= 0.3 is 0 Å². The topological polar surface area (TPSA) is 47.4 Å². The van der Waals surface area contributed by atoms with Crippen molar-refractivity contribution in [3.63, 3.8) is 0 Å². The van der Waals surface area contributed by atoms with Crippen molar-refractivity contribution in [1.29, 1.82) is 0 Å². The molecule has 0 N–H and O–H groups in total. The van der Waals surface area contributed by atoms with Crippen LogP contribution in [0.15, 0.2) is 42.5 Å². The maximum atomic E-state index is 14.3. The fraction of sp³-hybridized carbons (Fsp3) is 0.304. The van der Waals surface area contributed by atoms with E-state index >= 15 is 0 Å². The van der Waals surface area contributed by atoms with E-state index < -0.39 is 17.5 Å². The largest absolute Gasteiger partial charge is 0.436 e. The number of nitrogens with zero attached hydrogens (tertiary/aromatic N) is 3. The molecule has 5 nitrogen and oxygen atoms in total. The van der Waals surface area contributed by atoms with Crippen LogP contribution in [0, 0.1) is 24.4 Å². The fourth-order valence-electron chi connectivity index (χ4n) is 3.05. The Labute approximate surface area is 179 Å². The molecule has 0 aliphatic rings. The average Bonchev–Trinajstić information content (AvgIpc) is 3.03. The highest BCUT2D eigenvalue weighted by Crippen LogP contribution is 2.33. The first-order valence-corrected chi connectivity index (χ1v) is 9.90. The molecule has 0 aliphatic carbocycles. The molecule has 0 saturated heterocycles. The average molecular weight is 431 g/mol. The van der Waals surface area contributed by atoms with Crippen LogP contribution in [0.4, 0.5) is 13.2 Å². The number of rotatable bonds is 7. The lowest BCUT2D eigenvalue weighted by Crippen LogP contribution is -2.33. The Morgan fingerprint density at radius 1 is 1.10 bits per heavy atom. The Bertz CT molecular complexity index is 1080. The number of hydrogen-bond acceptors (Lipinski definition) is 3. The van der Waals surface area contributed by atoms with Gasteiger partial charge in [0.1, 0.15) is 11.6 Å². The van der Waals surface area contributed by atoms with Gasteiger partial charge in [0.25, 0.3) is 0 Å². The molecule has 164 valence electrons. The second-order valence-electron chi connectivity index (χ2n) is 7.53. The molecule has 31 heavy (non-hydrogen) atoms. The number of halogens is 3. The molecule has 2 aromatic carbocycles. The highest BCUT2D eigenvalue weighted by atomic mass is 19.1. The van der Waals surface area contributed by atoms with E-state index in [0.717, 1.165) is 12.1 Å². The first kappa shape index (κ1) is 22.4. The number of ether oxygens (including phenoxy) is 1. The zero-order chi connectivity index (χ0) is 22.7. The van der Waals surface area contributed by atoms with Crippen molar-refractivity contribution in [2.24, 2.45) is 0 Å². The summed E-state index contributed by atoms with van der Waals surface area (Å²) < 4.78 is 48.2. The second-order valence-corrected chi connectivity index (χ2v) is 7.53. The quantitative estimate of drug-likeness (QED) is 0.517. The van der Waals surface area contributed by atoms with Crippen molar-refractivity contribution in [3.8, 4) is 17.3 Å². The minimum atomic E-state index is -0.869. The molecule has 0 unspecified atom stereocenters. The van der Waals surface area contributed by atoms with Crippen LogP contribution in [-0.4, -0.2) is 33.7 Å². The Balaban J connectivity index is 2.01. The van der Waals surface area contributed by atoms with Gasteiger partial charge in [0, 0.05) is 31.1 Å². The summed E-state index contributed by atoms with van der Waals surface area (Å²) in [6.07, 6.45) is 0.508. The Hall–Kier alpha value is -3.29. The summed E-state index contributed by atoms with van der Waals surface area (Å²) in [5, 5.41) is 4.46. The zero-order valence-electron chi connectivity index (χ0n) is 17.8. The number of amides is 1. The van der Waals surface area contributed by atoms with Gasteiger partial charge in [0.2, 0.25) is 11.8 Å². The highest BCUT2D eigenvalue weighted by Gasteiger charge is 2.22. The number of benzene rings is 2. The normalized spacial score (nSPS) is 11.1. The molecule has 0 bridgehead atoms. The van der Waals surface area contributed by atoms with Gasteiger partial charge in [-0.2, -0.15) is 5.10 Å². The van der Waals surface area contributed by atoms with Crippen molar-refractivity contribution in [1.82, 2.24) is 14.7 Å². The van der Waals surface area contributed by atoms with E-state index in [-0.39, 0.29) is 30.0 Å². The van der Waals surface area contributed by atoms with E-state index in [1.165, 1.54) is 35.0 Å². The van der Waals surface area contributed by atoms with E-state index in [1.807, 2.05) is 13.8 Å². The summed E-state index contributed by atoms with van der Waals surface area (Å²) >= 11 is 0. The molecular formula is C23H24F3N3O2. The maximum absolute atomic E-state index is 14.3. The van der Waals surface area contributed by atoms with E-state index in [9.17, 15) is 18.0 Å². The van der Waals surface area contributed by atoms with Gasteiger partial charge in [0.15, 0.2) is 11.6 Å². The van der Waals surface area contributed by atoms with Crippen LogP contribution in [0.25, 0.3) is 5.69 Å². The van der Waals surface area contributed by atoms with Crippen LogP contribution in [0.3, 0.4) is 0 Å². The fourth-order valence-corrected chi connectivity index (χ4v) is 3.05. The molecule has 3 aromatic rings. The molecule has 1 aromatic heterocycles. The smallest absolute Gasteiger partial charge is 0.226 e. The summed E-state index contributed by atoms with van der Waals surface area (Å²) in [5.74, 6) is -2.06. The summed E-state index contributed by atoms with van der Waals surface area (Å²) in [6.45, 7) is 5.59. The van der Waals surface area contributed by atoms with Gasteiger partial charge in [-0.1, -0.05) is 0 Å². The predicted molar refractivity (Wildman–Crippen MR) is 111 cm³/mol. The summed E-state index contributed by atoms with van der Waals surface area (Å²) in [4.78, 5) is 14.1. The minimum absolute atomic E-state index is 0.0529. The molecule has 0 spiro atoms. The Kier molecular flexibility index (Phi) is 6.68. The lowest BCUT2D eigenvalue weighted by atomic mass is 10.1. The first-order valence-electron chi connectivity index (χ1n) is 9.90. The number of carbonyl (C=O) groups is 1. The van der Waals surface area contributed by atoms with Crippen LogP contribution in [0.2, 0.25) is 0 Å². The third kappa shape index (κ3) is 5.07. The number of hydrogen-bond donors (Lipinski definition) is 0. The Morgan fingerprint density at radius 2 is 1.74 bits per heavy atom. The van der Waals surface area contributed by atoms with Crippen molar-refractivity contribution in [2.45, 2.75) is 39.7 Å². The molecule has 0 atom stereocenters. The molecule has 0 saturated carbocycles. The summed E-state index contributed by atoms with van der Waals surface area (Å²) in [5.41, 5.74) is 1.69. The number of carbonyl (C=O) groups excluding carboxylic acids is 1. The van der Waals surface area contributed by atoms with Gasteiger partial charge in [-0.25, -0.2) is 17.9 Å². The third-order valence-corrected chi connectivity index (χ3v) is 5.07. The molecule has 8 heteroatoms. The molecule has 0 aliphatic heterocycles. The van der Waals surface area contributed by atoms with Crippen LogP contribution in [-0.2, 0) is 11.2 Å². The Morgan fingerprint density at radius 3 is 2.35 bits per heavy atom. The van der Waals surface area contributed by atoms with Gasteiger partial charge in [-0.3, -0.25) is 4.79 Å². The zero-order valence-corrected chi connectivity index (χ0v) is 17.8. The van der Waals surface area contributed by atoms with Crippen LogP contribution >= 0.6 is 0 Å². The standard InChI is InChI=1S/C23H24F3N3O2/c1-14(2)28(4)22(30)12-10-19-15(3)27-29(18-8-5-16(24)6-9-18)23(19)31-21-11-7-17(25)13-20(21)26/h5-9,11,13-14H,10,12H2,1-4H3. The van der Waals surface area contributed by atoms with Gasteiger partial charge < -0.3 is 9.64 Å². The van der Waals surface area contributed by atoms with E-state index in [4.69, 9.17) is 4.74 Å². The summed E-state index contributed by atoms with van der Waals surface area (Å²) in [7, 11) is 1.73. The monoisotopic (exact) mass is 431 g/mol.